The standard InChI is InChI=1S/C19H21BrN2OS/c1-14-6-8-22(9-7-14)19(23)16-10-15(11-21-12-16)13-24-18-4-2-17(20)3-5-18/h2-5,10-12,14H,6-9,13H2,1H3. The van der Waals surface area contributed by atoms with Gasteiger partial charge in [-0.15, -0.1) is 11.8 Å². The number of hydrogen-bond donors (Lipinski definition) is 0. The maximum Gasteiger partial charge on any atom is 0.255 e. The second-order valence-corrected chi connectivity index (χ2v) is 8.26. The highest BCUT2D eigenvalue weighted by Crippen LogP contribution is 2.25. The van der Waals surface area contributed by atoms with Crippen molar-refractivity contribution in [2.24, 2.45) is 5.92 Å². The van der Waals surface area contributed by atoms with Crippen LogP contribution < -0.4 is 0 Å². The molecule has 3 nitrogen and oxygen atoms in total. The normalized spacial score (nSPS) is 15.5. The number of carbonyl (C=O) groups is 1. The molecule has 0 radical (unpaired) electrons. The average molecular weight is 405 g/mol. The van der Waals surface area contributed by atoms with Gasteiger partial charge in [0.05, 0.1) is 5.56 Å². The number of nitrogens with zero attached hydrogens (tertiary/aromatic N) is 2. The Kier molecular flexibility index (Phi) is 5.95. The molecule has 0 saturated carbocycles. The Labute approximate surface area is 156 Å². The van der Waals surface area contributed by atoms with Crippen LogP contribution in [0.3, 0.4) is 0 Å². The van der Waals surface area contributed by atoms with Crippen molar-refractivity contribution in [1.82, 2.24) is 9.88 Å². The first-order chi connectivity index (χ1) is 11.6. The van der Waals surface area contributed by atoms with E-state index in [0.717, 1.165) is 47.6 Å². The third-order valence-corrected chi connectivity index (χ3v) is 5.94. The zero-order chi connectivity index (χ0) is 16.9. The number of amides is 1. The Morgan fingerprint density at radius 1 is 1.25 bits per heavy atom. The molecule has 0 N–H and O–H groups in total. The van der Waals surface area contributed by atoms with E-state index < -0.39 is 0 Å². The maximum atomic E-state index is 12.6. The van der Waals surface area contributed by atoms with Crippen molar-refractivity contribution >= 4 is 33.6 Å². The number of rotatable bonds is 4. The number of hydrogen-bond acceptors (Lipinski definition) is 3. The summed E-state index contributed by atoms with van der Waals surface area (Å²) >= 11 is 5.20. The first kappa shape index (κ1) is 17.5. The molecule has 1 aliphatic heterocycles. The fraction of sp³-hybridized carbons (Fsp3) is 0.368. The third-order valence-electron chi connectivity index (χ3n) is 4.33. The summed E-state index contributed by atoms with van der Waals surface area (Å²) in [6.45, 7) is 3.97. The van der Waals surface area contributed by atoms with Gasteiger partial charge in [-0.1, -0.05) is 22.9 Å². The number of halogens is 1. The third kappa shape index (κ3) is 4.61. The lowest BCUT2D eigenvalue weighted by molar-refractivity contribution is 0.0696. The smallest absolute Gasteiger partial charge is 0.255 e. The molecule has 2 heterocycles. The predicted octanol–water partition coefficient (Wildman–Crippen LogP) is 5.01. The van der Waals surface area contributed by atoms with Gasteiger partial charge in [0.25, 0.3) is 5.91 Å². The predicted molar refractivity (Wildman–Crippen MR) is 102 cm³/mol. The summed E-state index contributed by atoms with van der Waals surface area (Å²) in [5.41, 5.74) is 1.79. The molecular weight excluding hydrogens is 384 g/mol. The fourth-order valence-corrected chi connectivity index (χ4v) is 3.86. The van der Waals surface area contributed by atoms with Crippen molar-refractivity contribution in [2.45, 2.75) is 30.4 Å². The number of carbonyl (C=O) groups excluding carboxylic acids is 1. The zero-order valence-electron chi connectivity index (χ0n) is 13.7. The van der Waals surface area contributed by atoms with Gasteiger partial charge in [-0.05, 0) is 54.7 Å². The summed E-state index contributed by atoms with van der Waals surface area (Å²) in [6.07, 6.45) is 5.73. The van der Waals surface area contributed by atoms with E-state index in [-0.39, 0.29) is 5.91 Å². The largest absolute Gasteiger partial charge is 0.339 e. The fourth-order valence-electron chi connectivity index (χ4n) is 2.78. The number of aromatic nitrogens is 1. The molecule has 1 saturated heterocycles. The first-order valence-corrected chi connectivity index (χ1v) is 10.0. The van der Waals surface area contributed by atoms with Crippen molar-refractivity contribution in [3.8, 4) is 0 Å². The summed E-state index contributed by atoms with van der Waals surface area (Å²) in [6, 6.07) is 10.2. The molecule has 1 aromatic carbocycles. The maximum absolute atomic E-state index is 12.6. The van der Waals surface area contributed by atoms with Crippen LogP contribution in [0.25, 0.3) is 0 Å². The average Bonchev–Trinajstić information content (AvgIpc) is 2.61. The molecular formula is C19H21BrN2OS. The van der Waals surface area contributed by atoms with Crippen molar-refractivity contribution in [2.75, 3.05) is 13.1 Å². The van der Waals surface area contributed by atoms with E-state index in [1.54, 1.807) is 18.0 Å². The molecule has 1 amide bonds. The number of pyridine rings is 1. The lowest BCUT2D eigenvalue weighted by atomic mass is 9.99. The van der Waals surface area contributed by atoms with Crippen LogP contribution in [0.15, 0.2) is 52.1 Å². The van der Waals surface area contributed by atoms with Gasteiger partial charge in [0, 0.05) is 40.6 Å². The molecule has 1 fully saturated rings. The summed E-state index contributed by atoms with van der Waals surface area (Å²) < 4.78 is 1.08. The summed E-state index contributed by atoms with van der Waals surface area (Å²) in [5.74, 6) is 1.65. The Bertz CT molecular complexity index is 697. The molecule has 0 unspecified atom stereocenters. The summed E-state index contributed by atoms with van der Waals surface area (Å²) in [5, 5.41) is 0. The molecule has 24 heavy (non-hydrogen) atoms. The van der Waals surface area contributed by atoms with Crippen LogP contribution in [0.2, 0.25) is 0 Å². The van der Waals surface area contributed by atoms with Crippen LogP contribution in [0.4, 0.5) is 0 Å². The molecule has 1 aliphatic rings. The van der Waals surface area contributed by atoms with E-state index in [4.69, 9.17) is 0 Å². The van der Waals surface area contributed by atoms with Crippen LogP contribution in [0.5, 0.6) is 0 Å². The van der Waals surface area contributed by atoms with Crippen LogP contribution >= 0.6 is 27.7 Å². The Balaban J connectivity index is 1.63. The molecule has 5 heteroatoms. The minimum atomic E-state index is 0.116. The quantitative estimate of drug-likeness (QED) is 0.671. The highest BCUT2D eigenvalue weighted by Gasteiger charge is 2.21. The molecule has 0 atom stereocenters. The van der Waals surface area contributed by atoms with Gasteiger partial charge in [-0.3, -0.25) is 9.78 Å². The molecule has 1 aromatic heterocycles. The molecule has 0 aliphatic carbocycles. The number of piperidine rings is 1. The summed E-state index contributed by atoms with van der Waals surface area (Å²) in [7, 11) is 0. The second kappa shape index (κ2) is 8.17. The summed E-state index contributed by atoms with van der Waals surface area (Å²) in [4.78, 5) is 20.1. The van der Waals surface area contributed by atoms with Gasteiger partial charge in [-0.2, -0.15) is 0 Å². The molecule has 0 bridgehead atoms. The highest BCUT2D eigenvalue weighted by molar-refractivity contribution is 9.10. The van der Waals surface area contributed by atoms with Crippen molar-refractivity contribution in [3.05, 3.63) is 58.3 Å². The molecule has 2 aromatic rings. The minimum Gasteiger partial charge on any atom is -0.339 e. The molecule has 126 valence electrons. The van der Waals surface area contributed by atoms with Crippen LogP contribution in [-0.4, -0.2) is 28.9 Å². The van der Waals surface area contributed by atoms with Gasteiger partial charge in [0.15, 0.2) is 0 Å². The monoisotopic (exact) mass is 404 g/mol. The zero-order valence-corrected chi connectivity index (χ0v) is 16.1. The van der Waals surface area contributed by atoms with Crippen LogP contribution in [0, 0.1) is 5.92 Å². The van der Waals surface area contributed by atoms with E-state index in [0.29, 0.717) is 5.56 Å². The van der Waals surface area contributed by atoms with Crippen LogP contribution in [0.1, 0.15) is 35.7 Å². The van der Waals surface area contributed by atoms with Crippen molar-refractivity contribution < 1.29 is 4.79 Å². The van der Waals surface area contributed by atoms with Gasteiger partial charge < -0.3 is 4.90 Å². The highest BCUT2D eigenvalue weighted by atomic mass is 79.9. The Hall–Kier alpha value is -1.33. The molecule has 0 spiro atoms. The minimum absolute atomic E-state index is 0.116. The van der Waals surface area contributed by atoms with Gasteiger partial charge in [0.1, 0.15) is 0 Å². The Morgan fingerprint density at radius 2 is 1.96 bits per heavy atom. The first-order valence-electron chi connectivity index (χ1n) is 8.23. The topological polar surface area (TPSA) is 33.2 Å². The number of thioether (sulfide) groups is 1. The van der Waals surface area contributed by atoms with Gasteiger partial charge >= 0.3 is 0 Å². The number of likely N-dealkylation sites (tertiary alicyclic amines) is 1. The van der Waals surface area contributed by atoms with E-state index in [2.05, 4.69) is 40.0 Å². The van der Waals surface area contributed by atoms with E-state index in [9.17, 15) is 4.79 Å². The SMILES string of the molecule is CC1CCN(C(=O)c2cncc(CSc3ccc(Br)cc3)c2)CC1. The lowest BCUT2D eigenvalue weighted by Gasteiger charge is -2.30. The van der Waals surface area contributed by atoms with Crippen molar-refractivity contribution in [1.29, 1.82) is 0 Å². The van der Waals surface area contributed by atoms with Gasteiger partial charge in [0.2, 0.25) is 0 Å². The van der Waals surface area contributed by atoms with E-state index >= 15 is 0 Å². The molecule has 3 rings (SSSR count). The van der Waals surface area contributed by atoms with Crippen molar-refractivity contribution in [3.63, 3.8) is 0 Å². The lowest BCUT2D eigenvalue weighted by Crippen LogP contribution is -2.37. The number of benzene rings is 1. The van der Waals surface area contributed by atoms with E-state index in [1.807, 2.05) is 29.3 Å². The second-order valence-electron chi connectivity index (χ2n) is 6.30. The van der Waals surface area contributed by atoms with Crippen LogP contribution in [-0.2, 0) is 5.75 Å². The Morgan fingerprint density at radius 3 is 2.67 bits per heavy atom. The van der Waals surface area contributed by atoms with Gasteiger partial charge in [-0.25, -0.2) is 0 Å². The van der Waals surface area contributed by atoms with E-state index in [1.165, 1.54) is 4.90 Å².